The number of hydrogen-bond acceptors (Lipinski definition) is 4. The van der Waals surface area contributed by atoms with Gasteiger partial charge >= 0.3 is 0 Å². The Labute approximate surface area is 137 Å². The molecular weight excluding hydrogens is 292 g/mol. The third-order valence-electron chi connectivity index (χ3n) is 4.39. The van der Waals surface area contributed by atoms with E-state index in [0.717, 1.165) is 37.7 Å². The fourth-order valence-corrected chi connectivity index (χ4v) is 3.04. The molecule has 0 spiro atoms. The number of amides is 1. The van der Waals surface area contributed by atoms with Crippen molar-refractivity contribution in [2.24, 2.45) is 0 Å². The van der Waals surface area contributed by atoms with Gasteiger partial charge in [-0.3, -0.25) is 4.79 Å². The predicted octanol–water partition coefficient (Wildman–Crippen LogP) is 2.98. The SMILES string of the molecule is COc1ccc(CCC(=O)NC2(C#N)CCCCC2)cc1OC. The number of methoxy groups -OCH3 is 2. The van der Waals surface area contributed by atoms with Crippen molar-refractivity contribution in [1.82, 2.24) is 5.32 Å². The van der Waals surface area contributed by atoms with Gasteiger partial charge in [-0.1, -0.05) is 25.3 Å². The number of carbonyl (C=O) groups excluding carboxylic acids is 1. The Morgan fingerprint density at radius 3 is 2.52 bits per heavy atom. The first kappa shape index (κ1) is 17.1. The average Bonchev–Trinajstić information content (AvgIpc) is 2.60. The van der Waals surface area contributed by atoms with Gasteiger partial charge in [-0.2, -0.15) is 5.26 Å². The van der Waals surface area contributed by atoms with Crippen LogP contribution in [0.15, 0.2) is 18.2 Å². The second kappa shape index (κ2) is 7.87. The molecule has 1 saturated carbocycles. The lowest BCUT2D eigenvalue weighted by atomic mass is 9.82. The summed E-state index contributed by atoms with van der Waals surface area (Å²) in [6.07, 6.45) is 5.63. The predicted molar refractivity (Wildman–Crippen MR) is 87.4 cm³/mol. The van der Waals surface area contributed by atoms with Gasteiger partial charge < -0.3 is 14.8 Å². The Balaban J connectivity index is 1.92. The lowest BCUT2D eigenvalue weighted by Crippen LogP contribution is -2.48. The molecule has 1 aliphatic rings. The van der Waals surface area contributed by atoms with Crippen LogP contribution in [0.3, 0.4) is 0 Å². The van der Waals surface area contributed by atoms with Gasteiger partial charge in [-0.15, -0.1) is 0 Å². The number of rotatable bonds is 6. The second-order valence-corrected chi connectivity index (χ2v) is 5.99. The van der Waals surface area contributed by atoms with Crippen molar-refractivity contribution in [1.29, 1.82) is 5.26 Å². The van der Waals surface area contributed by atoms with E-state index in [1.165, 1.54) is 0 Å². The van der Waals surface area contributed by atoms with E-state index < -0.39 is 5.54 Å². The van der Waals surface area contributed by atoms with E-state index in [2.05, 4.69) is 11.4 Å². The van der Waals surface area contributed by atoms with Crippen LogP contribution in [0.4, 0.5) is 0 Å². The maximum Gasteiger partial charge on any atom is 0.221 e. The smallest absolute Gasteiger partial charge is 0.221 e. The topological polar surface area (TPSA) is 71.3 Å². The molecule has 0 heterocycles. The summed E-state index contributed by atoms with van der Waals surface area (Å²) in [7, 11) is 3.19. The Morgan fingerprint density at radius 1 is 1.22 bits per heavy atom. The molecule has 0 unspecified atom stereocenters. The highest BCUT2D eigenvalue weighted by Crippen LogP contribution is 2.29. The maximum absolute atomic E-state index is 12.2. The van der Waals surface area contributed by atoms with Gasteiger partial charge in [0.1, 0.15) is 5.54 Å². The van der Waals surface area contributed by atoms with Gasteiger partial charge in [0.15, 0.2) is 11.5 Å². The third kappa shape index (κ3) is 4.38. The molecule has 124 valence electrons. The van der Waals surface area contributed by atoms with E-state index >= 15 is 0 Å². The van der Waals surface area contributed by atoms with Crippen LogP contribution in [0.5, 0.6) is 11.5 Å². The van der Waals surface area contributed by atoms with Crippen LogP contribution in [0, 0.1) is 11.3 Å². The van der Waals surface area contributed by atoms with Gasteiger partial charge in [-0.05, 0) is 37.0 Å². The van der Waals surface area contributed by atoms with Crippen LogP contribution < -0.4 is 14.8 Å². The first-order valence-electron chi connectivity index (χ1n) is 8.05. The largest absolute Gasteiger partial charge is 0.493 e. The van der Waals surface area contributed by atoms with Crippen molar-refractivity contribution in [3.63, 3.8) is 0 Å². The summed E-state index contributed by atoms with van der Waals surface area (Å²) in [5.41, 5.74) is 0.347. The molecule has 5 nitrogen and oxygen atoms in total. The molecule has 0 aliphatic heterocycles. The maximum atomic E-state index is 12.2. The zero-order valence-corrected chi connectivity index (χ0v) is 13.9. The van der Waals surface area contributed by atoms with Gasteiger partial charge in [0.25, 0.3) is 0 Å². The Morgan fingerprint density at radius 2 is 1.91 bits per heavy atom. The van der Waals surface area contributed by atoms with Gasteiger partial charge in [-0.25, -0.2) is 0 Å². The van der Waals surface area contributed by atoms with E-state index in [4.69, 9.17) is 9.47 Å². The van der Waals surface area contributed by atoms with Crippen LogP contribution in [0.2, 0.25) is 0 Å². The molecule has 0 aromatic heterocycles. The molecule has 5 heteroatoms. The van der Waals surface area contributed by atoms with Crippen LogP contribution in [0.25, 0.3) is 0 Å². The van der Waals surface area contributed by atoms with E-state index in [1.807, 2.05) is 18.2 Å². The van der Waals surface area contributed by atoms with E-state index in [1.54, 1.807) is 14.2 Å². The number of hydrogen-bond donors (Lipinski definition) is 1. The standard InChI is InChI=1S/C18H24N2O3/c1-22-15-8-6-14(12-16(15)23-2)7-9-17(21)20-18(13-19)10-4-3-5-11-18/h6,8,12H,3-5,7,9-11H2,1-2H3,(H,20,21). The zero-order valence-electron chi connectivity index (χ0n) is 13.9. The lowest BCUT2D eigenvalue weighted by molar-refractivity contribution is -0.122. The van der Waals surface area contributed by atoms with Crippen molar-refractivity contribution in [3.05, 3.63) is 23.8 Å². The highest BCUT2D eigenvalue weighted by atomic mass is 16.5. The second-order valence-electron chi connectivity index (χ2n) is 5.99. The van der Waals surface area contributed by atoms with Gasteiger partial charge in [0.05, 0.1) is 20.3 Å². The number of nitriles is 1. The molecule has 0 atom stereocenters. The Kier molecular flexibility index (Phi) is 5.86. The molecule has 1 aromatic carbocycles. The fraction of sp³-hybridized carbons (Fsp3) is 0.556. The Hall–Kier alpha value is -2.22. The van der Waals surface area contributed by atoms with Crippen LogP contribution in [0.1, 0.15) is 44.1 Å². The molecule has 2 rings (SSSR count). The van der Waals surface area contributed by atoms with E-state index in [-0.39, 0.29) is 5.91 Å². The number of nitrogens with zero attached hydrogens (tertiary/aromatic N) is 1. The highest BCUT2D eigenvalue weighted by Gasteiger charge is 2.33. The fourth-order valence-electron chi connectivity index (χ4n) is 3.04. The quantitative estimate of drug-likeness (QED) is 0.876. The normalized spacial score (nSPS) is 16.2. The van der Waals surface area contributed by atoms with Crippen LogP contribution in [-0.4, -0.2) is 25.7 Å². The monoisotopic (exact) mass is 316 g/mol. The molecule has 0 radical (unpaired) electrons. The molecule has 1 N–H and O–H groups in total. The summed E-state index contributed by atoms with van der Waals surface area (Å²) >= 11 is 0. The highest BCUT2D eigenvalue weighted by molar-refractivity contribution is 5.77. The van der Waals surface area contributed by atoms with Crippen molar-refractivity contribution >= 4 is 5.91 Å². The lowest BCUT2D eigenvalue weighted by Gasteiger charge is -2.31. The number of ether oxygens (including phenoxy) is 2. The third-order valence-corrected chi connectivity index (χ3v) is 4.39. The van der Waals surface area contributed by atoms with Crippen molar-refractivity contribution < 1.29 is 14.3 Å². The first-order chi connectivity index (χ1) is 11.1. The van der Waals surface area contributed by atoms with Crippen molar-refractivity contribution in [2.75, 3.05) is 14.2 Å². The van der Waals surface area contributed by atoms with Crippen molar-refractivity contribution in [2.45, 2.75) is 50.5 Å². The first-order valence-corrected chi connectivity index (χ1v) is 8.05. The van der Waals surface area contributed by atoms with E-state index in [0.29, 0.717) is 24.3 Å². The zero-order chi connectivity index (χ0) is 16.7. The van der Waals surface area contributed by atoms with E-state index in [9.17, 15) is 10.1 Å². The molecule has 0 saturated heterocycles. The summed E-state index contributed by atoms with van der Waals surface area (Å²) in [5, 5.41) is 12.4. The molecule has 0 bridgehead atoms. The van der Waals surface area contributed by atoms with Crippen LogP contribution in [-0.2, 0) is 11.2 Å². The molecule has 1 amide bonds. The molecule has 1 aromatic rings. The average molecular weight is 316 g/mol. The minimum Gasteiger partial charge on any atom is -0.493 e. The van der Waals surface area contributed by atoms with Crippen LogP contribution >= 0.6 is 0 Å². The summed E-state index contributed by atoms with van der Waals surface area (Å²) in [6, 6.07) is 7.96. The molecular formula is C18H24N2O3. The number of nitrogens with one attached hydrogen (secondary N) is 1. The summed E-state index contributed by atoms with van der Waals surface area (Å²) in [4.78, 5) is 12.2. The molecule has 1 aliphatic carbocycles. The summed E-state index contributed by atoms with van der Waals surface area (Å²) < 4.78 is 10.5. The Bertz CT molecular complexity index is 586. The molecule has 23 heavy (non-hydrogen) atoms. The number of benzene rings is 1. The number of carbonyl (C=O) groups is 1. The van der Waals surface area contributed by atoms with Gasteiger partial charge in [0.2, 0.25) is 5.91 Å². The van der Waals surface area contributed by atoms with Gasteiger partial charge in [0, 0.05) is 6.42 Å². The number of aryl methyl sites for hydroxylation is 1. The van der Waals surface area contributed by atoms with Crippen molar-refractivity contribution in [3.8, 4) is 17.6 Å². The minimum atomic E-state index is -0.660. The molecule has 1 fully saturated rings. The summed E-state index contributed by atoms with van der Waals surface area (Å²) in [6.45, 7) is 0. The minimum absolute atomic E-state index is 0.0664. The summed E-state index contributed by atoms with van der Waals surface area (Å²) in [5.74, 6) is 1.26.